The van der Waals surface area contributed by atoms with E-state index in [1.165, 1.54) is 12.5 Å². The van der Waals surface area contributed by atoms with E-state index in [0.29, 0.717) is 11.5 Å². The van der Waals surface area contributed by atoms with Crippen LogP contribution in [0.4, 0.5) is 0 Å². The molecule has 0 atom stereocenters. The van der Waals surface area contributed by atoms with Crippen molar-refractivity contribution in [2.24, 2.45) is 0 Å². The van der Waals surface area contributed by atoms with E-state index in [0.717, 1.165) is 16.8 Å². The summed E-state index contributed by atoms with van der Waals surface area (Å²) in [5.41, 5.74) is 3.57. The Morgan fingerprint density at radius 3 is 2.71 bits per heavy atom. The number of furan rings is 1. The van der Waals surface area contributed by atoms with Crippen LogP contribution >= 0.6 is 0 Å². The summed E-state index contributed by atoms with van der Waals surface area (Å²) in [5, 5.41) is 13.6. The molecule has 0 fully saturated rings. The highest BCUT2D eigenvalue weighted by molar-refractivity contribution is 5.94. The number of hydrogen-bond acceptors (Lipinski definition) is 3. The Hall–Kier alpha value is -2.82. The normalized spacial score (nSPS) is 10.8. The summed E-state index contributed by atoms with van der Waals surface area (Å²) in [4.78, 5) is 11.4. The molecule has 0 aliphatic carbocycles. The lowest BCUT2D eigenvalue weighted by Crippen LogP contribution is -2.04. The SMILES string of the molecule is Cc1cccc(-n2ncc(C(=O)O)c2-c2ccco2)c1C. The average Bonchev–Trinajstić information content (AvgIpc) is 3.09. The van der Waals surface area contributed by atoms with E-state index in [1.807, 2.05) is 32.0 Å². The van der Waals surface area contributed by atoms with E-state index in [9.17, 15) is 9.90 Å². The summed E-state index contributed by atoms with van der Waals surface area (Å²) in [6.45, 7) is 3.99. The molecular weight excluding hydrogens is 268 g/mol. The summed E-state index contributed by atoms with van der Waals surface area (Å²) in [6, 6.07) is 9.29. The number of rotatable bonds is 3. The summed E-state index contributed by atoms with van der Waals surface area (Å²) in [6.07, 6.45) is 2.86. The van der Waals surface area contributed by atoms with Gasteiger partial charge >= 0.3 is 5.97 Å². The molecule has 0 aliphatic heterocycles. The van der Waals surface area contributed by atoms with Crippen LogP contribution in [0.3, 0.4) is 0 Å². The first-order chi connectivity index (χ1) is 10.1. The molecule has 21 heavy (non-hydrogen) atoms. The predicted molar refractivity (Wildman–Crippen MR) is 77.7 cm³/mol. The molecule has 0 radical (unpaired) electrons. The van der Waals surface area contributed by atoms with E-state index < -0.39 is 5.97 Å². The third-order valence-corrected chi connectivity index (χ3v) is 3.56. The van der Waals surface area contributed by atoms with Crippen LogP contribution in [0.15, 0.2) is 47.2 Å². The maximum atomic E-state index is 11.4. The zero-order valence-electron chi connectivity index (χ0n) is 11.7. The molecule has 5 nitrogen and oxygen atoms in total. The van der Waals surface area contributed by atoms with Gasteiger partial charge in [-0.25, -0.2) is 9.48 Å². The number of carboxylic acids is 1. The van der Waals surface area contributed by atoms with Crippen LogP contribution in [-0.2, 0) is 0 Å². The van der Waals surface area contributed by atoms with Gasteiger partial charge in [0, 0.05) is 0 Å². The molecule has 3 aromatic rings. The second kappa shape index (κ2) is 4.94. The van der Waals surface area contributed by atoms with Crippen molar-refractivity contribution in [1.82, 2.24) is 9.78 Å². The quantitative estimate of drug-likeness (QED) is 0.799. The van der Waals surface area contributed by atoms with Crippen molar-refractivity contribution in [3.8, 4) is 17.1 Å². The lowest BCUT2D eigenvalue weighted by atomic mass is 10.1. The van der Waals surface area contributed by atoms with Crippen LogP contribution in [0.2, 0.25) is 0 Å². The topological polar surface area (TPSA) is 68.3 Å². The number of aromatic nitrogens is 2. The average molecular weight is 282 g/mol. The Bertz CT molecular complexity index is 801. The first-order valence-corrected chi connectivity index (χ1v) is 6.51. The molecule has 0 saturated heterocycles. The van der Waals surface area contributed by atoms with E-state index >= 15 is 0 Å². The maximum absolute atomic E-state index is 11.4. The van der Waals surface area contributed by atoms with Crippen molar-refractivity contribution in [2.75, 3.05) is 0 Å². The van der Waals surface area contributed by atoms with Crippen LogP contribution in [0.1, 0.15) is 21.5 Å². The van der Waals surface area contributed by atoms with E-state index in [-0.39, 0.29) is 5.56 Å². The Balaban J connectivity index is 2.29. The number of aromatic carboxylic acids is 1. The Morgan fingerprint density at radius 1 is 1.24 bits per heavy atom. The molecular formula is C16H14N2O3. The van der Waals surface area contributed by atoms with Crippen molar-refractivity contribution < 1.29 is 14.3 Å². The van der Waals surface area contributed by atoms with Crippen LogP contribution < -0.4 is 0 Å². The van der Waals surface area contributed by atoms with Gasteiger partial charge in [-0.3, -0.25) is 0 Å². The lowest BCUT2D eigenvalue weighted by Gasteiger charge is -2.11. The van der Waals surface area contributed by atoms with Gasteiger partial charge in [0.25, 0.3) is 0 Å². The summed E-state index contributed by atoms with van der Waals surface area (Å²) >= 11 is 0. The molecule has 1 aromatic carbocycles. The van der Waals surface area contributed by atoms with Crippen LogP contribution in [0, 0.1) is 13.8 Å². The molecule has 0 spiro atoms. The Labute approximate surface area is 121 Å². The molecule has 1 N–H and O–H groups in total. The molecule has 3 rings (SSSR count). The number of aryl methyl sites for hydroxylation is 1. The van der Waals surface area contributed by atoms with Crippen molar-refractivity contribution in [2.45, 2.75) is 13.8 Å². The molecule has 106 valence electrons. The maximum Gasteiger partial charge on any atom is 0.339 e. The summed E-state index contributed by atoms with van der Waals surface area (Å²) in [5.74, 6) is -0.552. The number of carboxylic acid groups (broad SMARTS) is 1. The molecule has 0 bridgehead atoms. The molecule has 0 saturated carbocycles. The fourth-order valence-electron chi connectivity index (χ4n) is 2.30. The van der Waals surface area contributed by atoms with E-state index in [4.69, 9.17) is 4.42 Å². The number of nitrogens with zero attached hydrogens (tertiary/aromatic N) is 2. The monoisotopic (exact) mass is 282 g/mol. The van der Waals surface area contributed by atoms with Crippen LogP contribution in [0.25, 0.3) is 17.1 Å². The third kappa shape index (κ3) is 2.12. The van der Waals surface area contributed by atoms with Crippen molar-refractivity contribution in [3.05, 3.63) is 59.5 Å². The molecule has 0 amide bonds. The molecule has 0 unspecified atom stereocenters. The van der Waals surface area contributed by atoms with Gasteiger partial charge in [0.2, 0.25) is 0 Å². The van der Waals surface area contributed by atoms with E-state index in [2.05, 4.69) is 5.10 Å². The van der Waals surface area contributed by atoms with Gasteiger partial charge in [0.1, 0.15) is 11.3 Å². The highest BCUT2D eigenvalue weighted by atomic mass is 16.4. The smallest absolute Gasteiger partial charge is 0.339 e. The number of hydrogen-bond donors (Lipinski definition) is 1. The largest absolute Gasteiger partial charge is 0.478 e. The van der Waals surface area contributed by atoms with Gasteiger partial charge in [-0.1, -0.05) is 12.1 Å². The molecule has 2 heterocycles. The second-order valence-electron chi connectivity index (χ2n) is 4.82. The Kier molecular flexibility index (Phi) is 3.10. The standard InChI is InChI=1S/C16H14N2O3/c1-10-5-3-6-13(11(10)2)18-15(14-7-4-8-21-14)12(9-17-18)16(19)20/h3-9H,1-2H3,(H,19,20). The van der Waals surface area contributed by atoms with Crippen molar-refractivity contribution >= 4 is 5.97 Å². The number of benzene rings is 1. The predicted octanol–water partition coefficient (Wildman–Crippen LogP) is 3.45. The first-order valence-electron chi connectivity index (χ1n) is 6.51. The van der Waals surface area contributed by atoms with Gasteiger partial charge < -0.3 is 9.52 Å². The van der Waals surface area contributed by atoms with Gasteiger partial charge in [-0.2, -0.15) is 5.10 Å². The van der Waals surface area contributed by atoms with Crippen LogP contribution in [0.5, 0.6) is 0 Å². The summed E-state index contributed by atoms with van der Waals surface area (Å²) in [7, 11) is 0. The van der Waals surface area contributed by atoms with Crippen molar-refractivity contribution in [1.29, 1.82) is 0 Å². The zero-order chi connectivity index (χ0) is 15.0. The van der Waals surface area contributed by atoms with Gasteiger partial charge in [-0.15, -0.1) is 0 Å². The van der Waals surface area contributed by atoms with Crippen molar-refractivity contribution in [3.63, 3.8) is 0 Å². The summed E-state index contributed by atoms with van der Waals surface area (Å²) < 4.78 is 6.99. The third-order valence-electron chi connectivity index (χ3n) is 3.56. The fourth-order valence-corrected chi connectivity index (χ4v) is 2.30. The second-order valence-corrected chi connectivity index (χ2v) is 4.82. The van der Waals surface area contributed by atoms with Gasteiger partial charge in [0.15, 0.2) is 5.76 Å². The first kappa shape index (κ1) is 13.2. The minimum atomic E-state index is -1.03. The fraction of sp³-hybridized carbons (Fsp3) is 0.125. The zero-order valence-corrected chi connectivity index (χ0v) is 11.7. The van der Waals surface area contributed by atoms with Gasteiger partial charge in [-0.05, 0) is 43.2 Å². The van der Waals surface area contributed by atoms with Crippen LogP contribution in [-0.4, -0.2) is 20.9 Å². The van der Waals surface area contributed by atoms with Gasteiger partial charge in [0.05, 0.1) is 18.1 Å². The minimum Gasteiger partial charge on any atom is -0.478 e. The lowest BCUT2D eigenvalue weighted by molar-refractivity contribution is 0.0697. The molecule has 2 aromatic heterocycles. The Morgan fingerprint density at radius 2 is 2.05 bits per heavy atom. The molecule has 0 aliphatic rings. The highest BCUT2D eigenvalue weighted by Gasteiger charge is 2.22. The van der Waals surface area contributed by atoms with E-state index in [1.54, 1.807) is 16.8 Å². The number of carbonyl (C=O) groups is 1. The minimum absolute atomic E-state index is 0.117. The highest BCUT2D eigenvalue weighted by Crippen LogP contribution is 2.29. The molecule has 5 heteroatoms.